The number of imidazole rings is 1. The van der Waals surface area contributed by atoms with Crippen molar-refractivity contribution in [1.29, 1.82) is 0 Å². The molecule has 1 aromatic carbocycles. The van der Waals surface area contributed by atoms with Crippen molar-refractivity contribution in [3.8, 4) is 11.3 Å². The maximum atomic E-state index is 15.1. The topological polar surface area (TPSA) is 88.3 Å². The molecule has 2 atom stereocenters. The molecule has 2 aromatic heterocycles. The van der Waals surface area contributed by atoms with Crippen LogP contribution in [0.2, 0.25) is 5.02 Å². The van der Waals surface area contributed by atoms with Crippen LogP contribution in [0.25, 0.3) is 22.3 Å². The smallest absolute Gasteiger partial charge is 0.223 e. The van der Waals surface area contributed by atoms with Gasteiger partial charge in [-0.1, -0.05) is 11.6 Å². The van der Waals surface area contributed by atoms with Crippen LogP contribution >= 0.6 is 11.6 Å². The first-order valence-electron chi connectivity index (χ1n) is 10.6. The van der Waals surface area contributed by atoms with E-state index >= 15 is 4.39 Å². The average molecular weight is 463 g/mol. The van der Waals surface area contributed by atoms with Crippen LogP contribution in [0, 0.1) is 5.82 Å². The maximum absolute atomic E-state index is 15.1. The summed E-state index contributed by atoms with van der Waals surface area (Å²) in [5, 5.41) is 13.6. The number of nitrogens with one attached hydrogen (secondary N) is 1. The lowest BCUT2D eigenvalue weighted by Crippen LogP contribution is -2.42. The molecule has 0 unspecified atom stereocenters. The number of hydrogen-bond donors (Lipinski definition) is 2. The number of rotatable bonds is 6. The number of nitrogens with zero attached hydrogens (tertiary/aromatic N) is 5. The molecule has 32 heavy (non-hydrogen) atoms. The van der Waals surface area contributed by atoms with Gasteiger partial charge >= 0.3 is 0 Å². The van der Waals surface area contributed by atoms with Crippen molar-refractivity contribution in [3.63, 3.8) is 0 Å². The van der Waals surface area contributed by atoms with Gasteiger partial charge in [0.05, 0.1) is 47.7 Å². The Morgan fingerprint density at radius 1 is 1.34 bits per heavy atom. The molecule has 1 fully saturated rings. The summed E-state index contributed by atoms with van der Waals surface area (Å²) in [4.78, 5) is 15.3. The second-order valence-corrected chi connectivity index (χ2v) is 9.03. The van der Waals surface area contributed by atoms with Crippen LogP contribution in [-0.2, 0) is 11.3 Å². The zero-order valence-electron chi connectivity index (χ0n) is 18.6. The number of fused-ring (bicyclic) bond motifs is 1. The summed E-state index contributed by atoms with van der Waals surface area (Å²) >= 11 is 6.41. The Morgan fingerprint density at radius 2 is 2.12 bits per heavy atom. The van der Waals surface area contributed by atoms with Crippen molar-refractivity contribution in [2.24, 2.45) is 0 Å². The van der Waals surface area contributed by atoms with Gasteiger partial charge in [-0.05, 0) is 46.5 Å². The molecule has 3 aromatic rings. The third kappa shape index (κ3) is 4.56. The normalized spacial score (nSPS) is 19.3. The number of hydrogen-bond acceptors (Lipinski definition) is 7. The molecule has 1 saturated heterocycles. The third-order valence-corrected chi connectivity index (χ3v) is 5.73. The summed E-state index contributed by atoms with van der Waals surface area (Å²) in [5.41, 5.74) is 1.97. The molecule has 0 spiro atoms. The highest BCUT2D eigenvalue weighted by Gasteiger charge is 2.25. The largest absolute Gasteiger partial charge is 0.389 e. The molecule has 1 aliphatic rings. The lowest BCUT2D eigenvalue weighted by atomic mass is 10.1. The van der Waals surface area contributed by atoms with Gasteiger partial charge in [0.2, 0.25) is 5.95 Å². The molecule has 10 heteroatoms. The summed E-state index contributed by atoms with van der Waals surface area (Å²) < 4.78 is 22.4. The molecule has 0 amide bonds. The van der Waals surface area contributed by atoms with E-state index in [-0.39, 0.29) is 18.7 Å². The molecule has 8 nitrogen and oxygen atoms in total. The molecule has 1 aliphatic heterocycles. The Labute approximate surface area is 191 Å². The predicted molar refractivity (Wildman–Crippen MR) is 122 cm³/mol. The van der Waals surface area contributed by atoms with E-state index in [1.807, 2.05) is 43.5 Å². The maximum Gasteiger partial charge on any atom is 0.223 e. The Balaban J connectivity index is 1.76. The predicted octanol–water partition coefficient (Wildman–Crippen LogP) is 3.49. The second kappa shape index (κ2) is 9.27. The number of aliphatic hydroxyl groups is 1. The van der Waals surface area contributed by atoms with E-state index in [0.717, 1.165) is 5.82 Å². The minimum Gasteiger partial charge on any atom is -0.389 e. The summed E-state index contributed by atoms with van der Waals surface area (Å²) in [6.07, 6.45) is 1.46. The first-order chi connectivity index (χ1) is 15.2. The fourth-order valence-corrected chi connectivity index (χ4v) is 4.20. The van der Waals surface area contributed by atoms with Crippen LogP contribution in [0.1, 0.15) is 32.1 Å². The Bertz CT molecular complexity index is 1120. The summed E-state index contributed by atoms with van der Waals surface area (Å²) in [6.45, 7) is 5.49. The second-order valence-electron chi connectivity index (χ2n) is 8.63. The molecule has 172 valence electrons. The summed E-state index contributed by atoms with van der Waals surface area (Å²) in [7, 11) is 3.91. The SMILES string of the molecule is CC(C)n1c(CN(C)C)nc2c(F)cc(-c3nc(N[C@@H]4CCOC[C@H]4O)ncc3Cl)cc21. The van der Waals surface area contributed by atoms with E-state index in [2.05, 4.69) is 20.3 Å². The molecule has 2 N–H and O–H groups in total. The first kappa shape index (κ1) is 22.8. The minimum absolute atomic E-state index is 0.0951. The van der Waals surface area contributed by atoms with Crippen LogP contribution in [0.5, 0.6) is 0 Å². The highest BCUT2D eigenvalue weighted by Crippen LogP contribution is 2.32. The fourth-order valence-electron chi connectivity index (χ4n) is 4.00. The molecule has 0 aliphatic carbocycles. The van der Waals surface area contributed by atoms with Crippen LogP contribution < -0.4 is 5.32 Å². The van der Waals surface area contributed by atoms with Gasteiger partial charge in [-0.2, -0.15) is 0 Å². The number of ether oxygens (including phenoxy) is 1. The fraction of sp³-hybridized carbons (Fsp3) is 0.500. The van der Waals surface area contributed by atoms with E-state index in [0.29, 0.717) is 52.8 Å². The van der Waals surface area contributed by atoms with Gasteiger partial charge in [-0.15, -0.1) is 0 Å². The number of aromatic nitrogens is 4. The minimum atomic E-state index is -0.657. The van der Waals surface area contributed by atoms with Gasteiger partial charge in [0.25, 0.3) is 0 Å². The van der Waals surface area contributed by atoms with Crippen LogP contribution in [-0.4, -0.2) is 69.0 Å². The Hall–Kier alpha value is -2.33. The van der Waals surface area contributed by atoms with Gasteiger partial charge in [0, 0.05) is 18.2 Å². The molecule has 0 radical (unpaired) electrons. The van der Waals surface area contributed by atoms with Crippen molar-refractivity contribution in [2.75, 3.05) is 32.6 Å². The summed E-state index contributed by atoms with van der Waals surface area (Å²) in [6, 6.07) is 3.14. The zero-order chi connectivity index (χ0) is 23.0. The van der Waals surface area contributed by atoms with Crippen LogP contribution in [0.4, 0.5) is 10.3 Å². The van der Waals surface area contributed by atoms with E-state index in [9.17, 15) is 5.11 Å². The Morgan fingerprint density at radius 3 is 2.81 bits per heavy atom. The highest BCUT2D eigenvalue weighted by atomic mass is 35.5. The van der Waals surface area contributed by atoms with Crippen molar-refractivity contribution < 1.29 is 14.2 Å². The third-order valence-electron chi connectivity index (χ3n) is 5.45. The quantitative estimate of drug-likeness (QED) is 0.579. The lowest BCUT2D eigenvalue weighted by Gasteiger charge is -2.28. The van der Waals surface area contributed by atoms with Crippen molar-refractivity contribution >= 4 is 28.6 Å². The lowest BCUT2D eigenvalue weighted by molar-refractivity contribution is -0.0136. The summed E-state index contributed by atoms with van der Waals surface area (Å²) in [5.74, 6) is 0.683. The molecule has 3 heterocycles. The van der Waals surface area contributed by atoms with Crippen LogP contribution in [0.15, 0.2) is 18.3 Å². The number of anilines is 1. The number of benzene rings is 1. The van der Waals surface area contributed by atoms with E-state index in [1.165, 1.54) is 12.3 Å². The molecule has 0 saturated carbocycles. The zero-order valence-corrected chi connectivity index (χ0v) is 19.4. The van der Waals surface area contributed by atoms with Crippen molar-refractivity contribution in [3.05, 3.63) is 35.0 Å². The standard InChI is InChI=1S/C22H28ClFN6O2/c1-12(2)30-17-8-13(7-15(24)21(17)27-19(30)10-29(3)4)20-14(23)9-25-22(28-20)26-16-5-6-32-11-18(16)31/h7-9,12,16,18,31H,5-6,10-11H2,1-4H3,(H,25,26,28)/t16-,18-/m1/s1. The highest BCUT2D eigenvalue weighted by molar-refractivity contribution is 6.33. The molecule has 0 bridgehead atoms. The van der Waals surface area contributed by atoms with Gasteiger partial charge in [0.15, 0.2) is 5.82 Å². The van der Waals surface area contributed by atoms with Gasteiger partial charge < -0.3 is 24.6 Å². The average Bonchev–Trinajstić information content (AvgIpc) is 3.09. The Kier molecular flexibility index (Phi) is 6.62. The van der Waals surface area contributed by atoms with Gasteiger partial charge in [-0.25, -0.2) is 19.3 Å². The van der Waals surface area contributed by atoms with Crippen molar-refractivity contribution in [2.45, 2.75) is 45.0 Å². The monoisotopic (exact) mass is 462 g/mol. The van der Waals surface area contributed by atoms with E-state index < -0.39 is 11.9 Å². The van der Waals surface area contributed by atoms with Crippen LogP contribution in [0.3, 0.4) is 0 Å². The van der Waals surface area contributed by atoms with E-state index in [1.54, 1.807) is 0 Å². The molecular weight excluding hydrogens is 435 g/mol. The van der Waals surface area contributed by atoms with Gasteiger partial charge in [0.1, 0.15) is 11.3 Å². The number of aliphatic hydroxyl groups excluding tert-OH is 1. The van der Waals surface area contributed by atoms with Gasteiger partial charge in [-0.3, -0.25) is 0 Å². The first-order valence-corrected chi connectivity index (χ1v) is 11.0. The molecular formula is C22H28ClFN6O2. The van der Waals surface area contributed by atoms with Crippen molar-refractivity contribution in [1.82, 2.24) is 24.4 Å². The number of halogens is 2. The molecule has 4 rings (SSSR count). The van der Waals surface area contributed by atoms with E-state index in [4.69, 9.17) is 16.3 Å².